The fourth-order valence-corrected chi connectivity index (χ4v) is 7.30. The number of hydrogen-bond donors (Lipinski definition) is 1. The summed E-state index contributed by atoms with van der Waals surface area (Å²) < 4.78 is 55.8. The smallest absolute Gasteiger partial charge is 0.274 e. The van der Waals surface area contributed by atoms with Gasteiger partial charge in [0.25, 0.3) is 17.4 Å². The minimum atomic E-state index is -3.41. The Bertz CT molecular complexity index is 2220. The van der Waals surface area contributed by atoms with Crippen LogP contribution in [0.2, 0.25) is 0 Å². The van der Waals surface area contributed by atoms with E-state index in [4.69, 9.17) is 0 Å². The van der Waals surface area contributed by atoms with E-state index in [0.717, 1.165) is 23.3 Å². The van der Waals surface area contributed by atoms with Crippen LogP contribution in [-0.2, 0) is 22.6 Å². The molecule has 0 spiro atoms. The number of carbonyl (C=O) groups is 2. The number of anilines is 2. The lowest BCUT2D eigenvalue weighted by Crippen LogP contribution is -2.34. The summed E-state index contributed by atoms with van der Waals surface area (Å²) in [7, 11) is -1.82. The second kappa shape index (κ2) is 10.2. The van der Waals surface area contributed by atoms with Crippen LogP contribution in [0.15, 0.2) is 77.9 Å². The summed E-state index contributed by atoms with van der Waals surface area (Å²) in [6.07, 6.45) is 4.55. The van der Waals surface area contributed by atoms with Gasteiger partial charge in [-0.1, -0.05) is 18.2 Å². The van der Waals surface area contributed by atoms with Crippen molar-refractivity contribution in [2.75, 3.05) is 17.7 Å². The van der Waals surface area contributed by atoms with Gasteiger partial charge in [-0.3, -0.25) is 19.3 Å². The zero-order valence-electron chi connectivity index (χ0n) is 24.2. The van der Waals surface area contributed by atoms with Crippen molar-refractivity contribution in [2.45, 2.75) is 18.2 Å². The molecule has 45 heavy (non-hydrogen) atoms. The molecular weight excluding hydrogens is 602 g/mol. The summed E-state index contributed by atoms with van der Waals surface area (Å²) in [6.45, 7) is -0.0370. The number of benzene rings is 3. The molecule has 7 rings (SSSR count). The van der Waals surface area contributed by atoms with Crippen molar-refractivity contribution in [3.8, 4) is 11.1 Å². The van der Waals surface area contributed by atoms with Crippen LogP contribution < -0.4 is 10.5 Å². The van der Waals surface area contributed by atoms with E-state index in [2.05, 4.69) is 4.98 Å². The van der Waals surface area contributed by atoms with Crippen molar-refractivity contribution in [1.29, 1.82) is 0 Å². The van der Waals surface area contributed by atoms with E-state index in [1.54, 1.807) is 66.8 Å². The molecule has 2 amide bonds. The van der Waals surface area contributed by atoms with Crippen molar-refractivity contribution in [2.24, 2.45) is 7.05 Å². The van der Waals surface area contributed by atoms with E-state index in [-0.39, 0.29) is 35.5 Å². The number of sulfone groups is 1. The van der Waals surface area contributed by atoms with Gasteiger partial charge < -0.3 is 14.5 Å². The fourth-order valence-electron chi connectivity index (χ4n) is 6.52. The predicted molar refractivity (Wildman–Crippen MR) is 165 cm³/mol. The van der Waals surface area contributed by atoms with Crippen molar-refractivity contribution >= 4 is 43.9 Å². The first kappa shape index (κ1) is 28.7. The lowest BCUT2D eigenvalue weighted by molar-refractivity contribution is 0.0649. The summed E-state index contributed by atoms with van der Waals surface area (Å²) in [5.41, 5.74) is 3.28. The maximum atomic E-state index is 15.7. The lowest BCUT2D eigenvalue weighted by Gasteiger charge is -2.35. The first-order valence-corrected chi connectivity index (χ1v) is 16.2. The van der Waals surface area contributed by atoms with E-state index < -0.39 is 39.3 Å². The SMILES string of the molecule is Cn1cc2c3c(c[nH]c3c1=O)C(CCN1C(=O)c3ccccc3C1=O)N(c1ccc(F)cc1F)c1ccc(CS(C)(=O)=O)cc1-2. The highest BCUT2D eigenvalue weighted by molar-refractivity contribution is 7.89. The highest BCUT2D eigenvalue weighted by Crippen LogP contribution is 2.50. The molecule has 2 aliphatic rings. The summed E-state index contributed by atoms with van der Waals surface area (Å²) in [4.78, 5) is 45.7. The van der Waals surface area contributed by atoms with Crippen LogP contribution in [0, 0.1) is 11.6 Å². The zero-order chi connectivity index (χ0) is 31.8. The molecule has 4 heterocycles. The Morgan fingerprint density at radius 1 is 0.867 bits per heavy atom. The summed E-state index contributed by atoms with van der Waals surface area (Å²) in [5, 5.41) is 0.549. The molecule has 0 saturated carbocycles. The molecule has 1 N–H and O–H groups in total. The van der Waals surface area contributed by atoms with Gasteiger partial charge in [0.1, 0.15) is 17.2 Å². The third kappa shape index (κ3) is 4.63. The van der Waals surface area contributed by atoms with Gasteiger partial charge in [-0.2, -0.15) is 0 Å². The Morgan fingerprint density at radius 2 is 1.56 bits per heavy atom. The number of amides is 2. The second-order valence-electron chi connectivity index (χ2n) is 11.5. The minimum Gasteiger partial charge on any atom is -0.356 e. The summed E-state index contributed by atoms with van der Waals surface area (Å²) in [5.74, 6) is -2.75. The molecule has 0 aliphatic carbocycles. The molecule has 1 unspecified atom stereocenters. The van der Waals surface area contributed by atoms with Gasteiger partial charge in [-0.05, 0) is 48.4 Å². The Balaban J connectivity index is 1.46. The summed E-state index contributed by atoms with van der Waals surface area (Å²) in [6, 6.07) is 14.0. The van der Waals surface area contributed by atoms with E-state index in [1.165, 1.54) is 10.6 Å². The second-order valence-corrected chi connectivity index (χ2v) is 13.6. The molecule has 9 nitrogen and oxygen atoms in total. The number of aromatic amines is 1. The monoisotopic (exact) mass is 628 g/mol. The van der Waals surface area contributed by atoms with Crippen molar-refractivity contribution in [3.63, 3.8) is 0 Å². The van der Waals surface area contributed by atoms with E-state index >= 15 is 4.39 Å². The Morgan fingerprint density at radius 3 is 2.22 bits per heavy atom. The molecule has 0 radical (unpaired) electrons. The van der Waals surface area contributed by atoms with Gasteiger partial charge in [-0.15, -0.1) is 0 Å². The fraction of sp³-hybridized carbons (Fsp3) is 0.182. The number of H-pyrrole nitrogens is 1. The predicted octanol–water partition coefficient (Wildman–Crippen LogP) is 5.24. The standard InChI is InChI=1S/C33H26F2N4O5S/c1-37-16-24-22-13-18(17-45(2,43)44)7-9-26(22)39(28-10-8-19(34)14-25(28)35)27(23-15-36-30(29(23)24)33(37)42)11-12-38-31(40)20-5-3-4-6-21(20)32(38)41/h3-10,13-16,27,36H,11-12,17H2,1-2H3. The largest absolute Gasteiger partial charge is 0.356 e. The average molecular weight is 629 g/mol. The van der Waals surface area contributed by atoms with Crippen LogP contribution in [0.1, 0.15) is 44.3 Å². The van der Waals surface area contributed by atoms with Crippen LogP contribution in [-0.4, -0.2) is 47.5 Å². The number of pyridine rings is 1. The average Bonchev–Trinajstić information content (AvgIpc) is 3.50. The molecule has 1 atom stereocenters. The van der Waals surface area contributed by atoms with Crippen molar-refractivity contribution in [3.05, 3.63) is 117 Å². The number of nitrogens with zero attached hydrogens (tertiary/aromatic N) is 3. The Kier molecular flexibility index (Phi) is 6.52. The maximum absolute atomic E-state index is 15.7. The van der Waals surface area contributed by atoms with Crippen molar-refractivity contribution in [1.82, 2.24) is 14.5 Å². The third-order valence-electron chi connectivity index (χ3n) is 8.42. The molecule has 3 aromatic carbocycles. The summed E-state index contributed by atoms with van der Waals surface area (Å²) >= 11 is 0. The van der Waals surface area contributed by atoms with Gasteiger partial charge in [-0.25, -0.2) is 17.2 Å². The number of fused-ring (bicyclic) bond motifs is 3. The van der Waals surface area contributed by atoms with Crippen LogP contribution in [0.3, 0.4) is 0 Å². The number of aryl methyl sites for hydroxylation is 1. The molecular formula is C33H26F2N4O5S. The molecule has 0 fully saturated rings. The van der Waals surface area contributed by atoms with Gasteiger partial charge in [0, 0.05) is 66.1 Å². The first-order valence-electron chi connectivity index (χ1n) is 14.1. The maximum Gasteiger partial charge on any atom is 0.274 e. The van der Waals surface area contributed by atoms with E-state index in [1.807, 2.05) is 0 Å². The van der Waals surface area contributed by atoms with Gasteiger partial charge in [0.05, 0.1) is 28.6 Å². The molecule has 228 valence electrons. The highest BCUT2D eigenvalue weighted by atomic mass is 32.2. The number of aromatic nitrogens is 2. The van der Waals surface area contributed by atoms with Crippen LogP contribution in [0.5, 0.6) is 0 Å². The Hall–Kier alpha value is -5.10. The number of nitrogens with one attached hydrogen (secondary N) is 1. The highest BCUT2D eigenvalue weighted by Gasteiger charge is 2.38. The van der Waals surface area contributed by atoms with E-state index in [0.29, 0.717) is 44.5 Å². The number of halogens is 2. The molecule has 5 aromatic rings. The Labute approximate surface area is 256 Å². The quantitative estimate of drug-likeness (QED) is 0.258. The van der Waals surface area contributed by atoms with Crippen LogP contribution >= 0.6 is 0 Å². The molecule has 12 heteroatoms. The first-order chi connectivity index (χ1) is 21.4. The van der Waals surface area contributed by atoms with Gasteiger partial charge in [0.2, 0.25) is 0 Å². The number of imide groups is 1. The van der Waals surface area contributed by atoms with Gasteiger partial charge in [0.15, 0.2) is 9.84 Å². The lowest BCUT2D eigenvalue weighted by atomic mass is 9.98. The van der Waals surface area contributed by atoms with Crippen LogP contribution in [0.25, 0.3) is 22.0 Å². The van der Waals surface area contributed by atoms with E-state index in [9.17, 15) is 27.2 Å². The number of carbonyl (C=O) groups excluding carboxylic acids is 2. The number of hydrogen-bond acceptors (Lipinski definition) is 6. The normalized spacial score (nSPS) is 15.9. The zero-order valence-corrected chi connectivity index (χ0v) is 25.0. The van der Waals surface area contributed by atoms with Crippen molar-refractivity contribution < 1.29 is 26.8 Å². The molecule has 0 saturated heterocycles. The topological polar surface area (TPSA) is 113 Å². The van der Waals surface area contributed by atoms with Gasteiger partial charge >= 0.3 is 0 Å². The molecule has 2 aliphatic heterocycles. The van der Waals surface area contributed by atoms with Crippen LogP contribution in [0.4, 0.5) is 20.2 Å². The number of rotatable bonds is 6. The molecule has 0 bridgehead atoms. The molecule has 2 aromatic heterocycles. The minimum absolute atomic E-state index is 0.0229. The third-order valence-corrected chi connectivity index (χ3v) is 9.28.